The minimum atomic E-state index is -3.72. The lowest BCUT2D eigenvalue weighted by Crippen LogP contribution is -2.34. The number of nitrogens with one attached hydrogen (secondary N) is 3. The summed E-state index contributed by atoms with van der Waals surface area (Å²) >= 11 is 8.67. The van der Waals surface area contributed by atoms with E-state index >= 15 is 0 Å². The summed E-state index contributed by atoms with van der Waals surface area (Å²) in [7, 11) is -3.72. The highest BCUT2D eigenvalue weighted by atomic mass is 79.9. The number of rotatable bonds is 12. The number of carbonyl (C=O) groups excluding carboxylic acids is 1. The molecular weight excluding hydrogens is 566 g/mol. The Morgan fingerprint density at radius 3 is 2.56 bits per heavy atom. The number of hydrogen-bond acceptors (Lipinski definition) is 6. The second kappa shape index (κ2) is 13.5. The first-order valence-electron chi connectivity index (χ1n) is 11.5. The third-order valence-electron chi connectivity index (χ3n) is 5.11. The maximum atomic E-state index is 12.9. The van der Waals surface area contributed by atoms with Gasteiger partial charge in [0.2, 0.25) is 10.0 Å². The molecule has 3 rings (SSSR count). The molecule has 192 valence electrons. The number of furan rings is 1. The number of sulfonamides is 1. The van der Waals surface area contributed by atoms with E-state index in [4.69, 9.17) is 21.4 Å². The molecule has 11 heteroatoms. The Balaban J connectivity index is 1.57. The van der Waals surface area contributed by atoms with Crippen molar-refractivity contribution in [3.05, 3.63) is 76.7 Å². The molecule has 36 heavy (non-hydrogen) atoms. The van der Waals surface area contributed by atoms with Gasteiger partial charge in [-0.3, -0.25) is 10.1 Å². The lowest BCUT2D eigenvalue weighted by Gasteiger charge is -2.14. The summed E-state index contributed by atoms with van der Waals surface area (Å²) in [6, 6.07) is 14.6. The van der Waals surface area contributed by atoms with Gasteiger partial charge in [-0.05, 0) is 73.2 Å². The third kappa shape index (κ3) is 8.44. The summed E-state index contributed by atoms with van der Waals surface area (Å²) < 4.78 is 39.1. The van der Waals surface area contributed by atoms with Gasteiger partial charge in [-0.15, -0.1) is 0 Å². The molecule has 0 aliphatic carbocycles. The van der Waals surface area contributed by atoms with Crippen LogP contribution in [0.15, 0.2) is 74.6 Å². The van der Waals surface area contributed by atoms with Crippen molar-refractivity contribution in [2.45, 2.75) is 44.0 Å². The Hall–Kier alpha value is -2.73. The van der Waals surface area contributed by atoms with E-state index in [0.29, 0.717) is 29.4 Å². The number of halogens is 1. The molecule has 0 saturated heterocycles. The van der Waals surface area contributed by atoms with E-state index in [-0.39, 0.29) is 16.6 Å². The Morgan fingerprint density at radius 1 is 1.08 bits per heavy atom. The highest BCUT2D eigenvalue weighted by molar-refractivity contribution is 9.10. The van der Waals surface area contributed by atoms with Crippen molar-refractivity contribution < 1.29 is 22.4 Å². The minimum absolute atomic E-state index is 0.0471. The molecule has 1 amide bonds. The fraction of sp³-hybridized carbons (Fsp3) is 0.280. The predicted octanol–water partition coefficient (Wildman–Crippen LogP) is 5.61. The average molecular weight is 595 g/mol. The van der Waals surface area contributed by atoms with Crippen LogP contribution >= 0.6 is 28.1 Å². The lowest BCUT2D eigenvalue weighted by atomic mass is 10.2. The van der Waals surface area contributed by atoms with Crippen molar-refractivity contribution in [2.24, 2.45) is 0 Å². The standard InChI is InChI=1S/C25H28BrN3O5S2/c1-2-3-4-5-14-34-23-13-8-18(26)16-22(23)24(30)29-25(35)28-19-9-11-21(12-10-19)36(31,32)27-17-20-7-6-15-33-20/h6-13,15-16,27H,2-5,14,17H2,1H3,(H2,28,29,30,35). The van der Waals surface area contributed by atoms with E-state index in [1.165, 1.54) is 18.4 Å². The predicted molar refractivity (Wildman–Crippen MR) is 147 cm³/mol. The topological polar surface area (TPSA) is 110 Å². The number of hydrogen-bond donors (Lipinski definition) is 3. The Morgan fingerprint density at radius 2 is 1.86 bits per heavy atom. The van der Waals surface area contributed by atoms with Crippen LogP contribution in [-0.4, -0.2) is 26.0 Å². The number of anilines is 1. The third-order valence-corrected chi connectivity index (χ3v) is 7.22. The zero-order valence-electron chi connectivity index (χ0n) is 19.8. The fourth-order valence-corrected chi connectivity index (χ4v) is 4.79. The number of unbranched alkanes of at least 4 members (excludes halogenated alkanes) is 3. The first-order valence-corrected chi connectivity index (χ1v) is 14.1. The smallest absolute Gasteiger partial charge is 0.261 e. The largest absolute Gasteiger partial charge is 0.493 e. The van der Waals surface area contributed by atoms with Crippen molar-refractivity contribution in [1.82, 2.24) is 10.0 Å². The molecule has 0 saturated carbocycles. The summed E-state index contributed by atoms with van der Waals surface area (Å²) in [5.74, 6) is 0.568. The van der Waals surface area contributed by atoms with Gasteiger partial charge in [-0.1, -0.05) is 42.1 Å². The van der Waals surface area contributed by atoms with Crippen molar-refractivity contribution in [3.8, 4) is 5.75 Å². The molecule has 0 unspecified atom stereocenters. The van der Waals surface area contributed by atoms with Crippen LogP contribution in [-0.2, 0) is 16.6 Å². The molecule has 1 heterocycles. The Kier molecular flexibility index (Phi) is 10.5. The summed E-state index contributed by atoms with van der Waals surface area (Å²) in [4.78, 5) is 13.0. The van der Waals surface area contributed by atoms with Crippen molar-refractivity contribution >= 4 is 54.9 Å². The summed E-state index contributed by atoms with van der Waals surface area (Å²) in [6.45, 7) is 2.72. The van der Waals surface area contributed by atoms with Crippen LogP contribution in [0.1, 0.15) is 48.7 Å². The van der Waals surface area contributed by atoms with Crippen LogP contribution in [0.3, 0.4) is 0 Å². The number of amides is 1. The SMILES string of the molecule is CCCCCCOc1ccc(Br)cc1C(=O)NC(=S)Nc1ccc(S(=O)(=O)NCc2ccco2)cc1. The zero-order chi connectivity index (χ0) is 26.0. The van der Waals surface area contributed by atoms with E-state index in [2.05, 4.69) is 38.2 Å². The second-order valence-electron chi connectivity index (χ2n) is 7.89. The zero-order valence-corrected chi connectivity index (χ0v) is 23.0. The monoisotopic (exact) mass is 593 g/mol. The van der Waals surface area contributed by atoms with Crippen LogP contribution in [0, 0.1) is 0 Å². The van der Waals surface area contributed by atoms with Gasteiger partial charge < -0.3 is 14.5 Å². The van der Waals surface area contributed by atoms with E-state index < -0.39 is 15.9 Å². The molecule has 0 aliphatic heterocycles. The summed E-state index contributed by atoms with van der Waals surface area (Å²) in [5.41, 5.74) is 0.875. The van der Waals surface area contributed by atoms with Crippen LogP contribution in [0.4, 0.5) is 5.69 Å². The van der Waals surface area contributed by atoms with Gasteiger partial charge >= 0.3 is 0 Å². The van der Waals surface area contributed by atoms with Crippen LogP contribution < -0.4 is 20.1 Å². The lowest BCUT2D eigenvalue weighted by molar-refractivity contribution is 0.0973. The number of benzene rings is 2. The molecule has 0 radical (unpaired) electrons. The molecule has 0 aliphatic rings. The normalized spacial score (nSPS) is 11.2. The second-order valence-corrected chi connectivity index (χ2v) is 11.0. The Labute approximate surface area is 225 Å². The molecule has 0 spiro atoms. The molecule has 0 bridgehead atoms. The van der Waals surface area contributed by atoms with E-state index in [1.807, 2.05) is 6.07 Å². The van der Waals surface area contributed by atoms with Gasteiger partial charge in [0.15, 0.2) is 5.11 Å². The molecule has 1 aromatic heterocycles. The van der Waals surface area contributed by atoms with Gasteiger partial charge in [0.05, 0.1) is 29.9 Å². The molecule has 3 aromatic rings. The summed E-state index contributed by atoms with van der Waals surface area (Å²) in [5, 5.41) is 5.61. The molecule has 0 fully saturated rings. The highest BCUT2D eigenvalue weighted by Crippen LogP contribution is 2.24. The number of thiocarbonyl (C=S) groups is 1. The van der Waals surface area contributed by atoms with Crippen LogP contribution in [0.2, 0.25) is 0 Å². The van der Waals surface area contributed by atoms with Crippen LogP contribution in [0.5, 0.6) is 5.75 Å². The minimum Gasteiger partial charge on any atom is -0.493 e. The average Bonchev–Trinajstić information content (AvgIpc) is 3.37. The van der Waals surface area contributed by atoms with Crippen molar-refractivity contribution in [2.75, 3.05) is 11.9 Å². The summed E-state index contributed by atoms with van der Waals surface area (Å²) in [6.07, 6.45) is 5.74. The highest BCUT2D eigenvalue weighted by Gasteiger charge is 2.17. The fourth-order valence-electron chi connectivity index (χ4n) is 3.23. The van der Waals surface area contributed by atoms with Gasteiger partial charge in [0.1, 0.15) is 11.5 Å². The van der Waals surface area contributed by atoms with E-state index in [9.17, 15) is 13.2 Å². The number of carbonyl (C=O) groups is 1. The molecule has 8 nitrogen and oxygen atoms in total. The van der Waals surface area contributed by atoms with Gasteiger partial charge in [0.25, 0.3) is 5.91 Å². The molecule has 0 atom stereocenters. The van der Waals surface area contributed by atoms with Crippen molar-refractivity contribution in [3.63, 3.8) is 0 Å². The van der Waals surface area contributed by atoms with E-state index in [0.717, 1.165) is 30.2 Å². The number of ether oxygens (including phenoxy) is 1. The molecule has 2 aromatic carbocycles. The van der Waals surface area contributed by atoms with Gasteiger partial charge in [-0.2, -0.15) is 0 Å². The first kappa shape index (κ1) is 27.9. The maximum absolute atomic E-state index is 12.9. The quantitative estimate of drug-likeness (QED) is 0.185. The van der Waals surface area contributed by atoms with Gasteiger partial charge in [-0.25, -0.2) is 13.1 Å². The van der Waals surface area contributed by atoms with Crippen molar-refractivity contribution in [1.29, 1.82) is 0 Å². The van der Waals surface area contributed by atoms with Crippen LogP contribution in [0.25, 0.3) is 0 Å². The van der Waals surface area contributed by atoms with E-state index in [1.54, 1.807) is 36.4 Å². The molecule has 3 N–H and O–H groups in total. The Bertz CT molecular complexity index is 1260. The first-order chi connectivity index (χ1) is 17.3. The maximum Gasteiger partial charge on any atom is 0.261 e. The molecular formula is C25H28BrN3O5S2. The van der Waals surface area contributed by atoms with Gasteiger partial charge in [0, 0.05) is 10.2 Å².